The van der Waals surface area contributed by atoms with E-state index in [2.05, 4.69) is 25.5 Å². The van der Waals surface area contributed by atoms with Crippen LogP contribution in [0.1, 0.15) is 38.3 Å². The molecule has 170 valence electrons. The Hall–Kier alpha value is -3.16. The second kappa shape index (κ2) is 8.32. The molecule has 0 spiro atoms. The first-order valence-corrected chi connectivity index (χ1v) is 11.8. The molecular formula is C23H24FN7OS. The van der Waals surface area contributed by atoms with Crippen molar-refractivity contribution >= 4 is 17.2 Å². The number of piperidine rings is 2. The van der Waals surface area contributed by atoms with E-state index >= 15 is 4.39 Å². The van der Waals surface area contributed by atoms with Crippen molar-refractivity contribution in [1.82, 2.24) is 25.5 Å². The van der Waals surface area contributed by atoms with Gasteiger partial charge in [0.05, 0.1) is 17.8 Å². The zero-order chi connectivity index (χ0) is 23.2. The van der Waals surface area contributed by atoms with Crippen LogP contribution in [0.4, 0.5) is 10.2 Å². The Kier molecular flexibility index (Phi) is 5.46. The van der Waals surface area contributed by atoms with Gasteiger partial charge >= 0.3 is 0 Å². The Labute approximate surface area is 195 Å². The Morgan fingerprint density at radius 3 is 2.91 bits per heavy atom. The van der Waals surface area contributed by atoms with Gasteiger partial charge < -0.3 is 15.3 Å². The van der Waals surface area contributed by atoms with Crippen molar-refractivity contribution in [2.24, 2.45) is 0 Å². The maximum atomic E-state index is 15.4. The van der Waals surface area contributed by atoms with E-state index < -0.39 is 11.7 Å². The van der Waals surface area contributed by atoms with Crippen LogP contribution in [-0.4, -0.2) is 56.1 Å². The van der Waals surface area contributed by atoms with Gasteiger partial charge in [-0.05, 0) is 44.7 Å². The summed E-state index contributed by atoms with van der Waals surface area (Å²) in [4.78, 5) is 10.4. The number of nitrogens with one attached hydrogen (secondary N) is 1. The van der Waals surface area contributed by atoms with E-state index in [-0.39, 0.29) is 17.6 Å². The molecule has 0 radical (unpaired) electrons. The maximum absolute atomic E-state index is 15.4. The number of aromatic nitrogens is 4. The number of thiazole rings is 1. The smallest absolute Gasteiger partial charge is 0.185 e. The van der Waals surface area contributed by atoms with E-state index in [1.54, 1.807) is 29.8 Å². The van der Waals surface area contributed by atoms with Crippen molar-refractivity contribution in [2.45, 2.75) is 56.4 Å². The third-order valence-corrected chi connectivity index (χ3v) is 7.66. The molecule has 4 atom stereocenters. The lowest BCUT2D eigenvalue weighted by Gasteiger charge is -2.52. The van der Waals surface area contributed by atoms with Crippen molar-refractivity contribution in [3.05, 3.63) is 35.5 Å². The normalized spacial score (nSPS) is 26.5. The Morgan fingerprint density at radius 1 is 1.36 bits per heavy atom. The minimum atomic E-state index is -1.02. The van der Waals surface area contributed by atoms with Crippen LogP contribution in [0, 0.1) is 11.3 Å². The number of benzene rings is 1. The minimum absolute atomic E-state index is 0.00737. The van der Waals surface area contributed by atoms with Crippen molar-refractivity contribution in [3.63, 3.8) is 0 Å². The molecule has 0 unspecified atom stereocenters. The maximum Gasteiger partial charge on any atom is 0.185 e. The number of hydrogen-bond donors (Lipinski definition) is 2. The summed E-state index contributed by atoms with van der Waals surface area (Å²) in [6.45, 7) is 1.97. The molecular weight excluding hydrogens is 441 g/mol. The third-order valence-electron chi connectivity index (χ3n) is 6.77. The van der Waals surface area contributed by atoms with Crippen molar-refractivity contribution in [2.75, 3.05) is 11.9 Å². The highest BCUT2D eigenvalue weighted by Gasteiger charge is 2.49. The van der Waals surface area contributed by atoms with Crippen LogP contribution in [0.5, 0.6) is 5.75 Å². The monoisotopic (exact) mass is 465 g/mol. The predicted octanol–water partition coefficient (Wildman–Crippen LogP) is 3.69. The second-order valence-electron chi connectivity index (χ2n) is 8.99. The third kappa shape index (κ3) is 3.92. The lowest BCUT2D eigenvalue weighted by atomic mass is 9.73. The van der Waals surface area contributed by atoms with Crippen LogP contribution in [0.2, 0.25) is 0 Å². The van der Waals surface area contributed by atoms with Crippen LogP contribution < -0.4 is 10.2 Å². The van der Waals surface area contributed by atoms with Crippen LogP contribution >= 0.6 is 11.3 Å². The molecule has 0 aliphatic carbocycles. The summed E-state index contributed by atoms with van der Waals surface area (Å²) in [5.41, 5.74) is 0.961. The zero-order valence-corrected chi connectivity index (χ0v) is 19.2. The topological polar surface area (TPSA) is 111 Å². The summed E-state index contributed by atoms with van der Waals surface area (Å²) in [7, 11) is 1.84. The summed E-state index contributed by atoms with van der Waals surface area (Å²) in [5.74, 6) is 0.768. The fourth-order valence-electron chi connectivity index (χ4n) is 4.95. The molecule has 2 aliphatic rings. The minimum Gasteiger partial charge on any atom is -0.507 e. The molecule has 0 amide bonds. The molecule has 2 aliphatic heterocycles. The van der Waals surface area contributed by atoms with E-state index in [9.17, 15) is 5.11 Å². The lowest BCUT2D eigenvalue weighted by molar-refractivity contribution is 0.0405. The van der Waals surface area contributed by atoms with E-state index in [1.165, 1.54) is 11.3 Å². The molecule has 1 aromatic carbocycles. The van der Waals surface area contributed by atoms with Crippen molar-refractivity contribution < 1.29 is 9.50 Å². The van der Waals surface area contributed by atoms with E-state index in [0.29, 0.717) is 40.1 Å². The average molecular weight is 466 g/mol. The largest absolute Gasteiger partial charge is 0.507 e. The molecule has 0 saturated carbocycles. The summed E-state index contributed by atoms with van der Waals surface area (Å²) < 4.78 is 15.4. The first-order chi connectivity index (χ1) is 15.9. The number of aromatic hydroxyl groups is 1. The van der Waals surface area contributed by atoms with E-state index in [4.69, 9.17) is 5.26 Å². The van der Waals surface area contributed by atoms with Gasteiger partial charge in [-0.25, -0.2) is 14.4 Å². The highest BCUT2D eigenvalue weighted by molar-refractivity contribution is 7.13. The number of phenolic OH excluding ortho intramolecular Hbond substituents is 1. The molecule has 10 heteroatoms. The van der Waals surface area contributed by atoms with Crippen LogP contribution in [-0.2, 0) is 0 Å². The Bertz CT molecular complexity index is 1210. The fourth-order valence-corrected chi connectivity index (χ4v) is 5.69. The second-order valence-corrected chi connectivity index (χ2v) is 9.85. The number of hydrogen-bond acceptors (Lipinski definition) is 9. The van der Waals surface area contributed by atoms with Crippen LogP contribution in [0.15, 0.2) is 29.8 Å². The number of nitriles is 1. The van der Waals surface area contributed by atoms with Gasteiger partial charge in [0.2, 0.25) is 0 Å². The number of fused-ring (bicyclic) bond motifs is 2. The SMILES string of the molecule is CN(c1cnc(-c2ccc(-c3nc(C#N)cs3)cc2O)nn1)[C@H]1C[C@@H]2CCC[C@@](C)(N2)[C@H]1F. The Morgan fingerprint density at radius 2 is 2.21 bits per heavy atom. The number of halogens is 1. The molecule has 2 saturated heterocycles. The number of anilines is 1. The molecule has 8 nitrogen and oxygen atoms in total. The van der Waals surface area contributed by atoms with Crippen molar-refractivity contribution in [1.29, 1.82) is 5.26 Å². The summed E-state index contributed by atoms with van der Waals surface area (Å²) in [6.07, 6.45) is 4.19. The first kappa shape index (κ1) is 21.7. The van der Waals surface area contributed by atoms with E-state index in [0.717, 1.165) is 19.3 Å². The highest BCUT2D eigenvalue weighted by atomic mass is 32.1. The van der Waals surface area contributed by atoms with Gasteiger partial charge in [-0.15, -0.1) is 21.5 Å². The molecule has 33 heavy (non-hydrogen) atoms. The molecule has 2 N–H and O–H groups in total. The van der Waals surface area contributed by atoms with Gasteiger partial charge in [0.1, 0.15) is 23.0 Å². The van der Waals surface area contributed by atoms with Gasteiger partial charge in [0.25, 0.3) is 0 Å². The average Bonchev–Trinajstić information content (AvgIpc) is 3.31. The lowest BCUT2D eigenvalue weighted by Crippen LogP contribution is -2.68. The number of nitrogens with zero attached hydrogens (tertiary/aromatic N) is 6. The van der Waals surface area contributed by atoms with Gasteiger partial charge in [-0.1, -0.05) is 6.07 Å². The van der Waals surface area contributed by atoms with E-state index in [1.807, 2.05) is 24.9 Å². The summed E-state index contributed by atoms with van der Waals surface area (Å²) >= 11 is 1.33. The molecule has 3 aromatic rings. The highest BCUT2D eigenvalue weighted by Crippen LogP contribution is 2.38. The summed E-state index contributed by atoms with van der Waals surface area (Å²) in [5, 5.41) is 33.8. The van der Waals surface area contributed by atoms with Crippen molar-refractivity contribution in [3.8, 4) is 33.8 Å². The predicted molar refractivity (Wildman–Crippen MR) is 124 cm³/mol. The Balaban J connectivity index is 1.36. The number of rotatable bonds is 4. The van der Waals surface area contributed by atoms with Gasteiger partial charge in [0, 0.05) is 29.6 Å². The van der Waals surface area contributed by atoms with Gasteiger partial charge in [-0.3, -0.25) is 0 Å². The summed E-state index contributed by atoms with van der Waals surface area (Å²) in [6, 6.07) is 7.07. The molecule has 2 bridgehead atoms. The molecule has 4 heterocycles. The first-order valence-electron chi connectivity index (χ1n) is 10.9. The standard InChI is InChI=1S/C23H24FN7OS/c1-23-7-3-4-14(28-23)9-17(20(23)24)31(2)19-11-26-21(30-29-19)16-6-5-13(8-18(16)32)22-27-15(10-25)12-33-22/h5-6,8,11-12,14,17,20,28,32H,3-4,7,9H2,1-2H3/t14-,17-,20-,23+/m0/s1. The van der Waals surface area contributed by atoms with Crippen LogP contribution in [0.25, 0.3) is 22.0 Å². The van der Waals surface area contributed by atoms with Crippen LogP contribution in [0.3, 0.4) is 0 Å². The van der Waals surface area contributed by atoms with Gasteiger partial charge in [-0.2, -0.15) is 5.26 Å². The fraction of sp³-hybridized carbons (Fsp3) is 0.435. The quantitative estimate of drug-likeness (QED) is 0.600. The molecule has 2 fully saturated rings. The number of alkyl halides is 1. The molecule has 2 aromatic heterocycles. The van der Waals surface area contributed by atoms with Gasteiger partial charge in [0.15, 0.2) is 17.3 Å². The zero-order valence-electron chi connectivity index (χ0n) is 18.4. The number of phenols is 1. The molecule has 5 rings (SSSR count).